The SMILES string of the molecule is CC(Sc1nnc(-c2cccnc2)n1C)C(=O)Nc1ccc(N2CCCCC2)cc1. The molecular formula is C22H26N6OS. The largest absolute Gasteiger partial charge is 0.372 e. The van der Waals surface area contributed by atoms with Gasteiger partial charge in [-0.3, -0.25) is 9.78 Å². The Kier molecular flexibility index (Phi) is 6.32. The Morgan fingerprint density at radius 3 is 2.57 bits per heavy atom. The van der Waals surface area contributed by atoms with Gasteiger partial charge in [-0.05, 0) is 62.6 Å². The van der Waals surface area contributed by atoms with Crippen molar-refractivity contribution >= 4 is 29.0 Å². The molecule has 1 atom stereocenters. The highest BCUT2D eigenvalue weighted by Gasteiger charge is 2.20. The third-order valence-corrected chi connectivity index (χ3v) is 6.40. The number of carbonyl (C=O) groups excluding carboxylic acids is 1. The second kappa shape index (κ2) is 9.30. The van der Waals surface area contributed by atoms with Crippen LogP contribution in [0.25, 0.3) is 11.4 Å². The monoisotopic (exact) mass is 422 g/mol. The Bertz CT molecular complexity index is 983. The van der Waals surface area contributed by atoms with Crippen molar-refractivity contribution in [1.29, 1.82) is 0 Å². The first-order chi connectivity index (χ1) is 14.6. The normalized spacial score (nSPS) is 15.1. The summed E-state index contributed by atoms with van der Waals surface area (Å²) >= 11 is 1.39. The van der Waals surface area contributed by atoms with Crippen LogP contribution in [0.4, 0.5) is 11.4 Å². The number of nitrogens with zero attached hydrogens (tertiary/aromatic N) is 5. The quantitative estimate of drug-likeness (QED) is 0.606. The molecule has 0 saturated carbocycles. The molecule has 1 aliphatic rings. The fraction of sp³-hybridized carbons (Fsp3) is 0.364. The summed E-state index contributed by atoms with van der Waals surface area (Å²) in [6.07, 6.45) is 7.29. The van der Waals surface area contributed by atoms with Gasteiger partial charge >= 0.3 is 0 Å². The van der Waals surface area contributed by atoms with E-state index in [9.17, 15) is 4.79 Å². The van der Waals surface area contributed by atoms with Crippen molar-refractivity contribution in [3.8, 4) is 11.4 Å². The van der Waals surface area contributed by atoms with Crippen LogP contribution < -0.4 is 10.2 Å². The maximum absolute atomic E-state index is 12.7. The number of nitrogens with one attached hydrogen (secondary N) is 1. The highest BCUT2D eigenvalue weighted by Crippen LogP contribution is 2.27. The van der Waals surface area contributed by atoms with Gasteiger partial charge in [-0.15, -0.1) is 10.2 Å². The molecular weight excluding hydrogens is 396 g/mol. The van der Waals surface area contributed by atoms with Crippen molar-refractivity contribution < 1.29 is 4.79 Å². The molecule has 0 radical (unpaired) electrons. The van der Waals surface area contributed by atoms with Crippen LogP contribution in [0, 0.1) is 0 Å². The lowest BCUT2D eigenvalue weighted by Crippen LogP contribution is -2.29. The fourth-order valence-corrected chi connectivity index (χ4v) is 4.34. The summed E-state index contributed by atoms with van der Waals surface area (Å²) in [6.45, 7) is 4.09. The zero-order chi connectivity index (χ0) is 20.9. The number of amides is 1. The van der Waals surface area contributed by atoms with Gasteiger partial charge in [0.1, 0.15) is 0 Å². The first-order valence-electron chi connectivity index (χ1n) is 10.2. The maximum Gasteiger partial charge on any atom is 0.237 e. The van der Waals surface area contributed by atoms with Crippen molar-refractivity contribution in [2.24, 2.45) is 7.05 Å². The molecule has 4 rings (SSSR count). The number of thioether (sulfide) groups is 1. The van der Waals surface area contributed by atoms with E-state index in [4.69, 9.17) is 0 Å². The number of rotatable bonds is 6. The first-order valence-corrected chi connectivity index (χ1v) is 11.1. The first kappa shape index (κ1) is 20.4. The highest BCUT2D eigenvalue weighted by atomic mass is 32.2. The van der Waals surface area contributed by atoms with Crippen molar-refractivity contribution in [3.05, 3.63) is 48.8 Å². The van der Waals surface area contributed by atoms with Crippen LogP contribution in [0.2, 0.25) is 0 Å². The minimum absolute atomic E-state index is 0.0587. The number of benzene rings is 1. The predicted molar refractivity (Wildman–Crippen MR) is 121 cm³/mol. The highest BCUT2D eigenvalue weighted by molar-refractivity contribution is 8.00. The minimum Gasteiger partial charge on any atom is -0.372 e. The molecule has 156 valence electrons. The summed E-state index contributed by atoms with van der Waals surface area (Å²) in [7, 11) is 1.90. The molecule has 1 aliphatic heterocycles. The van der Waals surface area contributed by atoms with E-state index < -0.39 is 0 Å². The second-order valence-corrected chi connectivity index (χ2v) is 8.76. The van der Waals surface area contributed by atoms with Crippen LogP contribution >= 0.6 is 11.8 Å². The average molecular weight is 423 g/mol. The van der Waals surface area contributed by atoms with Crippen molar-refractivity contribution in [2.45, 2.75) is 36.6 Å². The maximum atomic E-state index is 12.7. The molecule has 8 heteroatoms. The summed E-state index contributed by atoms with van der Waals surface area (Å²) in [6, 6.07) is 11.9. The molecule has 3 aromatic rings. The molecule has 0 bridgehead atoms. The summed E-state index contributed by atoms with van der Waals surface area (Å²) in [5, 5.41) is 11.9. The number of hydrogen-bond donors (Lipinski definition) is 1. The standard InChI is InChI=1S/C22H26N6OS/c1-16(30-22-26-25-20(27(22)2)17-7-6-12-23-15-17)21(29)24-18-8-10-19(11-9-18)28-13-4-3-5-14-28/h6-12,15-16H,3-5,13-14H2,1-2H3,(H,24,29). The minimum atomic E-state index is -0.309. The number of pyridine rings is 1. The van der Waals surface area contributed by atoms with Crippen LogP contribution in [0.5, 0.6) is 0 Å². The zero-order valence-electron chi connectivity index (χ0n) is 17.3. The Balaban J connectivity index is 1.37. The Morgan fingerprint density at radius 1 is 1.10 bits per heavy atom. The summed E-state index contributed by atoms with van der Waals surface area (Å²) in [5.74, 6) is 0.670. The summed E-state index contributed by atoms with van der Waals surface area (Å²) < 4.78 is 1.89. The van der Waals surface area contributed by atoms with Crippen LogP contribution in [0.15, 0.2) is 53.9 Å². The topological polar surface area (TPSA) is 75.9 Å². The molecule has 1 saturated heterocycles. The molecule has 1 aromatic carbocycles. The lowest BCUT2D eigenvalue weighted by Gasteiger charge is -2.28. The predicted octanol–water partition coefficient (Wildman–Crippen LogP) is 3.99. The van der Waals surface area contributed by atoms with Crippen molar-refractivity contribution in [3.63, 3.8) is 0 Å². The molecule has 0 aliphatic carbocycles. The lowest BCUT2D eigenvalue weighted by atomic mass is 10.1. The Hall–Kier alpha value is -2.87. The van der Waals surface area contributed by atoms with Gasteiger partial charge in [-0.2, -0.15) is 0 Å². The average Bonchev–Trinajstić information content (AvgIpc) is 3.15. The number of hydrogen-bond acceptors (Lipinski definition) is 6. The van der Waals surface area contributed by atoms with Gasteiger partial charge < -0.3 is 14.8 Å². The molecule has 0 spiro atoms. The lowest BCUT2D eigenvalue weighted by molar-refractivity contribution is -0.115. The van der Waals surface area contributed by atoms with Gasteiger partial charge in [0.15, 0.2) is 11.0 Å². The van der Waals surface area contributed by atoms with Crippen molar-refractivity contribution in [1.82, 2.24) is 19.7 Å². The fourth-order valence-electron chi connectivity index (χ4n) is 3.53. The summed E-state index contributed by atoms with van der Waals surface area (Å²) in [4.78, 5) is 19.2. The molecule has 1 unspecified atom stereocenters. The third-order valence-electron chi connectivity index (χ3n) is 5.26. The number of carbonyl (C=O) groups is 1. The van der Waals surface area contributed by atoms with Crippen LogP contribution in [-0.2, 0) is 11.8 Å². The molecule has 7 nitrogen and oxygen atoms in total. The molecule has 1 amide bonds. The smallest absolute Gasteiger partial charge is 0.237 e. The van der Waals surface area contributed by atoms with E-state index in [-0.39, 0.29) is 11.2 Å². The second-order valence-electron chi connectivity index (χ2n) is 7.45. The number of aromatic nitrogens is 4. The van der Waals surface area contributed by atoms with Gasteiger partial charge in [-0.1, -0.05) is 11.8 Å². The van der Waals surface area contributed by atoms with Crippen LogP contribution in [0.1, 0.15) is 26.2 Å². The molecule has 1 fully saturated rings. The molecule has 1 N–H and O–H groups in total. The van der Waals surface area contributed by atoms with E-state index in [1.807, 2.05) is 42.8 Å². The Morgan fingerprint density at radius 2 is 1.87 bits per heavy atom. The molecule has 30 heavy (non-hydrogen) atoms. The van der Waals surface area contributed by atoms with E-state index in [0.29, 0.717) is 5.16 Å². The van der Waals surface area contributed by atoms with E-state index in [1.165, 1.54) is 36.7 Å². The van der Waals surface area contributed by atoms with Gasteiger partial charge in [0.2, 0.25) is 5.91 Å². The van der Waals surface area contributed by atoms with Gasteiger partial charge in [0.25, 0.3) is 0 Å². The molecule has 3 heterocycles. The van der Waals surface area contributed by atoms with E-state index >= 15 is 0 Å². The van der Waals surface area contributed by atoms with Crippen molar-refractivity contribution in [2.75, 3.05) is 23.3 Å². The van der Waals surface area contributed by atoms with Gasteiger partial charge in [0, 0.05) is 49.5 Å². The van der Waals surface area contributed by atoms with Crippen LogP contribution in [-0.4, -0.2) is 44.0 Å². The number of anilines is 2. The van der Waals surface area contributed by atoms with Crippen LogP contribution in [0.3, 0.4) is 0 Å². The van der Waals surface area contributed by atoms with Gasteiger partial charge in [0.05, 0.1) is 5.25 Å². The zero-order valence-corrected chi connectivity index (χ0v) is 18.1. The molecule has 2 aromatic heterocycles. The third kappa shape index (κ3) is 4.64. The van der Waals surface area contributed by atoms with E-state index in [1.54, 1.807) is 12.4 Å². The summed E-state index contributed by atoms with van der Waals surface area (Å²) in [5.41, 5.74) is 2.92. The Labute approximate surface area is 180 Å². The van der Waals surface area contributed by atoms with E-state index in [0.717, 1.165) is 30.2 Å². The van der Waals surface area contributed by atoms with E-state index in [2.05, 4.69) is 37.5 Å². The van der Waals surface area contributed by atoms with Gasteiger partial charge in [-0.25, -0.2) is 0 Å². The number of piperidine rings is 1.